The van der Waals surface area contributed by atoms with Gasteiger partial charge in [0.1, 0.15) is 11.8 Å². The summed E-state index contributed by atoms with van der Waals surface area (Å²) in [5.74, 6) is 0.480. The van der Waals surface area contributed by atoms with E-state index in [1.165, 1.54) is 0 Å². The third-order valence-electron chi connectivity index (χ3n) is 3.31. The molecule has 0 aliphatic heterocycles. The average Bonchev–Trinajstić information content (AvgIpc) is 3.21. The summed E-state index contributed by atoms with van der Waals surface area (Å²) < 4.78 is 5.32. The lowest BCUT2D eigenvalue weighted by Crippen LogP contribution is -2.49. The topological polar surface area (TPSA) is 67.6 Å². The highest BCUT2D eigenvalue weighted by Gasteiger charge is 2.28. The van der Waals surface area contributed by atoms with Gasteiger partial charge in [-0.25, -0.2) is 0 Å². The summed E-state index contributed by atoms with van der Waals surface area (Å²) in [5.41, 5.74) is 6.40. The van der Waals surface area contributed by atoms with Gasteiger partial charge in [-0.1, -0.05) is 12.1 Å². The van der Waals surface area contributed by atoms with E-state index < -0.39 is 0 Å². The predicted octanol–water partition coefficient (Wildman–Crippen LogP) is 0.737. The first-order valence-electron chi connectivity index (χ1n) is 6.51. The lowest BCUT2D eigenvalue weighted by molar-refractivity contribution is -0.119. The molecule has 0 heterocycles. The van der Waals surface area contributed by atoms with Crippen molar-refractivity contribution in [2.45, 2.75) is 24.9 Å². The van der Waals surface area contributed by atoms with Crippen LogP contribution in [0.1, 0.15) is 12.8 Å². The SMILES string of the molecule is COc1ccccc1N(C)CC(NC1CC1)C(N)=O. The van der Waals surface area contributed by atoms with E-state index in [1.807, 2.05) is 36.2 Å². The summed E-state index contributed by atoms with van der Waals surface area (Å²) in [6.07, 6.45) is 2.25. The molecule has 1 aliphatic carbocycles. The third kappa shape index (κ3) is 3.61. The van der Waals surface area contributed by atoms with Crippen LogP contribution in [-0.4, -0.2) is 38.7 Å². The Morgan fingerprint density at radius 3 is 2.79 bits per heavy atom. The van der Waals surface area contributed by atoms with Gasteiger partial charge < -0.3 is 20.7 Å². The average molecular weight is 263 g/mol. The summed E-state index contributed by atoms with van der Waals surface area (Å²) in [5, 5.41) is 3.27. The predicted molar refractivity (Wildman–Crippen MR) is 75.4 cm³/mol. The van der Waals surface area contributed by atoms with Crippen molar-refractivity contribution in [3.8, 4) is 5.75 Å². The number of amides is 1. The zero-order valence-corrected chi connectivity index (χ0v) is 11.4. The van der Waals surface area contributed by atoms with Gasteiger partial charge >= 0.3 is 0 Å². The van der Waals surface area contributed by atoms with E-state index in [1.54, 1.807) is 7.11 Å². The Kier molecular flexibility index (Phi) is 4.27. The second-order valence-electron chi connectivity index (χ2n) is 4.95. The number of hydrogen-bond donors (Lipinski definition) is 2. The molecule has 1 unspecified atom stereocenters. The number of nitrogens with one attached hydrogen (secondary N) is 1. The van der Waals surface area contributed by atoms with E-state index in [4.69, 9.17) is 10.5 Å². The maximum Gasteiger partial charge on any atom is 0.236 e. The zero-order valence-electron chi connectivity index (χ0n) is 11.4. The van der Waals surface area contributed by atoms with Crippen molar-refractivity contribution >= 4 is 11.6 Å². The number of carbonyl (C=O) groups excluding carboxylic acids is 1. The van der Waals surface area contributed by atoms with Gasteiger partial charge in [0.15, 0.2) is 0 Å². The van der Waals surface area contributed by atoms with Gasteiger partial charge in [-0.05, 0) is 25.0 Å². The molecule has 1 aromatic rings. The van der Waals surface area contributed by atoms with Gasteiger partial charge in [-0.3, -0.25) is 4.79 Å². The van der Waals surface area contributed by atoms with Crippen molar-refractivity contribution in [2.24, 2.45) is 5.73 Å². The molecule has 1 amide bonds. The molecule has 2 rings (SSSR count). The minimum atomic E-state index is -0.331. The molecular formula is C14H21N3O2. The van der Waals surface area contributed by atoms with Gasteiger partial charge in [-0.2, -0.15) is 0 Å². The minimum absolute atomic E-state index is 0.311. The Bertz CT molecular complexity index is 446. The summed E-state index contributed by atoms with van der Waals surface area (Å²) >= 11 is 0. The van der Waals surface area contributed by atoms with Crippen molar-refractivity contribution in [2.75, 3.05) is 25.6 Å². The van der Waals surface area contributed by atoms with E-state index in [0.29, 0.717) is 12.6 Å². The molecule has 1 aliphatic rings. The molecule has 1 fully saturated rings. The fourth-order valence-electron chi connectivity index (χ4n) is 2.08. The Hall–Kier alpha value is -1.75. The van der Waals surface area contributed by atoms with Crippen LogP contribution in [-0.2, 0) is 4.79 Å². The first-order chi connectivity index (χ1) is 9.11. The van der Waals surface area contributed by atoms with Crippen LogP contribution in [0, 0.1) is 0 Å². The first-order valence-corrected chi connectivity index (χ1v) is 6.51. The van der Waals surface area contributed by atoms with Gasteiger partial charge in [0.05, 0.1) is 12.8 Å². The van der Waals surface area contributed by atoms with Crippen LogP contribution in [0.5, 0.6) is 5.75 Å². The van der Waals surface area contributed by atoms with Gasteiger partial charge in [-0.15, -0.1) is 0 Å². The summed E-state index contributed by atoms with van der Waals surface area (Å²) in [6.45, 7) is 0.534. The fourth-order valence-corrected chi connectivity index (χ4v) is 2.08. The number of benzene rings is 1. The quantitative estimate of drug-likeness (QED) is 0.761. The lowest BCUT2D eigenvalue weighted by Gasteiger charge is -2.26. The second-order valence-corrected chi connectivity index (χ2v) is 4.95. The number of nitrogens with zero attached hydrogens (tertiary/aromatic N) is 1. The maximum absolute atomic E-state index is 11.5. The number of ether oxygens (including phenoxy) is 1. The zero-order chi connectivity index (χ0) is 13.8. The van der Waals surface area contributed by atoms with E-state index in [0.717, 1.165) is 24.3 Å². The number of methoxy groups -OCH3 is 1. The Labute approximate surface area is 113 Å². The number of para-hydroxylation sites is 2. The molecule has 0 radical (unpaired) electrons. The van der Waals surface area contributed by atoms with E-state index in [2.05, 4.69) is 5.32 Å². The van der Waals surface area contributed by atoms with Crippen molar-refractivity contribution < 1.29 is 9.53 Å². The largest absolute Gasteiger partial charge is 0.495 e. The molecule has 0 bridgehead atoms. The van der Waals surface area contributed by atoms with Crippen molar-refractivity contribution in [3.05, 3.63) is 24.3 Å². The van der Waals surface area contributed by atoms with Gasteiger partial charge in [0.2, 0.25) is 5.91 Å². The number of likely N-dealkylation sites (N-methyl/N-ethyl adjacent to an activating group) is 1. The van der Waals surface area contributed by atoms with Gasteiger partial charge in [0, 0.05) is 19.6 Å². The molecule has 3 N–H and O–H groups in total. The Balaban J connectivity index is 2.04. The minimum Gasteiger partial charge on any atom is -0.495 e. The highest BCUT2D eigenvalue weighted by molar-refractivity contribution is 5.81. The molecule has 1 aromatic carbocycles. The smallest absolute Gasteiger partial charge is 0.236 e. The molecular weight excluding hydrogens is 242 g/mol. The molecule has 19 heavy (non-hydrogen) atoms. The highest BCUT2D eigenvalue weighted by atomic mass is 16.5. The van der Waals surface area contributed by atoms with Crippen LogP contribution in [0.15, 0.2) is 24.3 Å². The number of hydrogen-bond acceptors (Lipinski definition) is 4. The first kappa shape index (κ1) is 13.7. The monoisotopic (exact) mass is 263 g/mol. The van der Waals surface area contributed by atoms with Crippen LogP contribution in [0.25, 0.3) is 0 Å². The number of nitrogens with two attached hydrogens (primary N) is 1. The van der Waals surface area contributed by atoms with E-state index in [-0.39, 0.29) is 11.9 Å². The molecule has 104 valence electrons. The summed E-state index contributed by atoms with van der Waals surface area (Å²) in [6, 6.07) is 7.85. The molecule has 0 saturated heterocycles. The number of anilines is 1. The Morgan fingerprint density at radius 1 is 1.53 bits per heavy atom. The number of rotatable bonds is 7. The Morgan fingerprint density at radius 2 is 2.21 bits per heavy atom. The van der Waals surface area contributed by atoms with Crippen LogP contribution >= 0.6 is 0 Å². The third-order valence-corrected chi connectivity index (χ3v) is 3.31. The number of primary amides is 1. The summed E-state index contributed by atoms with van der Waals surface area (Å²) in [7, 11) is 3.57. The molecule has 1 saturated carbocycles. The fraction of sp³-hybridized carbons (Fsp3) is 0.500. The van der Waals surface area contributed by atoms with E-state index in [9.17, 15) is 4.79 Å². The van der Waals surface area contributed by atoms with E-state index >= 15 is 0 Å². The van der Waals surface area contributed by atoms with Crippen LogP contribution in [0.4, 0.5) is 5.69 Å². The molecule has 5 heteroatoms. The van der Waals surface area contributed by atoms with Crippen LogP contribution in [0.3, 0.4) is 0 Å². The lowest BCUT2D eigenvalue weighted by atomic mass is 10.2. The van der Waals surface area contributed by atoms with Crippen molar-refractivity contribution in [1.29, 1.82) is 0 Å². The van der Waals surface area contributed by atoms with Crippen molar-refractivity contribution in [3.63, 3.8) is 0 Å². The van der Waals surface area contributed by atoms with Crippen LogP contribution in [0.2, 0.25) is 0 Å². The molecule has 0 aromatic heterocycles. The van der Waals surface area contributed by atoms with Crippen molar-refractivity contribution in [1.82, 2.24) is 5.32 Å². The molecule has 5 nitrogen and oxygen atoms in total. The number of carbonyl (C=O) groups is 1. The molecule has 0 spiro atoms. The normalized spacial score (nSPS) is 15.9. The molecule has 1 atom stereocenters. The second kappa shape index (κ2) is 5.93. The highest BCUT2D eigenvalue weighted by Crippen LogP contribution is 2.27. The standard InChI is InChI=1S/C14H21N3O2/c1-17(12-5-3-4-6-13(12)19-2)9-11(14(15)18)16-10-7-8-10/h3-6,10-11,16H,7-9H2,1-2H3,(H2,15,18). The maximum atomic E-state index is 11.5. The van der Waals surface area contributed by atoms with Crippen LogP contribution < -0.4 is 20.7 Å². The van der Waals surface area contributed by atoms with Gasteiger partial charge in [0.25, 0.3) is 0 Å². The summed E-state index contributed by atoms with van der Waals surface area (Å²) in [4.78, 5) is 13.5.